The van der Waals surface area contributed by atoms with E-state index in [4.69, 9.17) is 14.2 Å². The zero-order valence-corrected chi connectivity index (χ0v) is 42.1. The van der Waals surface area contributed by atoms with Gasteiger partial charge in [0.05, 0.1) is 0 Å². The van der Waals surface area contributed by atoms with Crippen molar-refractivity contribution in [2.45, 2.75) is 213 Å². The predicted octanol–water partition coefficient (Wildman–Crippen LogP) is 17.5. The second kappa shape index (κ2) is 53.2. The average Bonchev–Trinajstić information content (AvgIpc) is 3.31. The minimum Gasteiger partial charge on any atom is -0.462 e. The van der Waals surface area contributed by atoms with Crippen LogP contribution in [0.2, 0.25) is 0 Å². The summed E-state index contributed by atoms with van der Waals surface area (Å²) in [5.41, 5.74) is 0. The molecule has 0 saturated heterocycles. The van der Waals surface area contributed by atoms with Crippen LogP contribution in [0.5, 0.6) is 0 Å². The van der Waals surface area contributed by atoms with Crippen LogP contribution in [0.25, 0.3) is 0 Å². The number of allylic oxidation sites excluding steroid dienone is 22. The van der Waals surface area contributed by atoms with E-state index in [-0.39, 0.29) is 37.5 Å². The molecule has 0 fully saturated rings. The number of rotatable bonds is 45. The monoisotopic (exact) mass is 911 g/mol. The number of esters is 3. The van der Waals surface area contributed by atoms with Gasteiger partial charge in [0.2, 0.25) is 0 Å². The van der Waals surface area contributed by atoms with Crippen LogP contribution in [0, 0.1) is 0 Å². The van der Waals surface area contributed by atoms with Gasteiger partial charge in [-0.05, 0) is 83.5 Å². The molecule has 0 saturated carbocycles. The van der Waals surface area contributed by atoms with E-state index >= 15 is 0 Å². The van der Waals surface area contributed by atoms with Gasteiger partial charge in [0.25, 0.3) is 0 Å². The first-order valence-corrected chi connectivity index (χ1v) is 26.3. The molecule has 0 bridgehead atoms. The lowest BCUT2D eigenvalue weighted by Gasteiger charge is -2.18. The molecule has 0 aliphatic rings. The number of carbonyl (C=O) groups excluding carboxylic acids is 3. The molecule has 0 aliphatic carbocycles. The Balaban J connectivity index is 4.54. The Kier molecular flexibility index (Phi) is 49.6. The molecule has 0 N–H and O–H groups in total. The van der Waals surface area contributed by atoms with E-state index in [0.717, 1.165) is 122 Å². The van der Waals surface area contributed by atoms with E-state index in [1.807, 2.05) is 72.9 Å². The Hall–Kier alpha value is -4.45. The molecule has 0 aromatic carbocycles. The number of ether oxygens (including phenoxy) is 3. The van der Waals surface area contributed by atoms with Crippen molar-refractivity contribution in [3.63, 3.8) is 0 Å². The number of carbonyl (C=O) groups is 3. The lowest BCUT2D eigenvalue weighted by Crippen LogP contribution is -2.30. The van der Waals surface area contributed by atoms with Crippen molar-refractivity contribution >= 4 is 17.9 Å². The highest BCUT2D eigenvalue weighted by Crippen LogP contribution is 2.13. The Morgan fingerprint density at radius 2 is 0.591 bits per heavy atom. The maximum absolute atomic E-state index is 12.8. The zero-order valence-electron chi connectivity index (χ0n) is 42.1. The van der Waals surface area contributed by atoms with Crippen LogP contribution < -0.4 is 0 Å². The van der Waals surface area contributed by atoms with Crippen LogP contribution >= 0.6 is 0 Å². The number of hydrogen-bond donors (Lipinski definition) is 0. The molecule has 0 amide bonds. The molecule has 66 heavy (non-hydrogen) atoms. The second-order valence-corrected chi connectivity index (χ2v) is 17.0. The highest BCUT2D eigenvalue weighted by Gasteiger charge is 2.19. The second-order valence-electron chi connectivity index (χ2n) is 17.0. The quantitative estimate of drug-likeness (QED) is 0.0199. The van der Waals surface area contributed by atoms with Crippen molar-refractivity contribution in [2.75, 3.05) is 13.2 Å². The third-order valence-corrected chi connectivity index (χ3v) is 10.6. The minimum absolute atomic E-state index is 0.107. The molecule has 0 aliphatic heterocycles. The van der Waals surface area contributed by atoms with Gasteiger partial charge in [-0.2, -0.15) is 0 Å². The van der Waals surface area contributed by atoms with Crippen molar-refractivity contribution in [2.24, 2.45) is 0 Å². The van der Waals surface area contributed by atoms with Gasteiger partial charge in [-0.15, -0.1) is 0 Å². The topological polar surface area (TPSA) is 78.9 Å². The van der Waals surface area contributed by atoms with Crippen LogP contribution in [-0.4, -0.2) is 37.2 Å². The smallest absolute Gasteiger partial charge is 0.306 e. The van der Waals surface area contributed by atoms with Crippen LogP contribution in [0.15, 0.2) is 134 Å². The predicted molar refractivity (Wildman–Crippen MR) is 283 cm³/mol. The fourth-order valence-corrected chi connectivity index (χ4v) is 6.61. The fraction of sp³-hybridized carbons (Fsp3) is 0.583. The van der Waals surface area contributed by atoms with Gasteiger partial charge in [-0.25, -0.2) is 0 Å². The van der Waals surface area contributed by atoms with E-state index in [0.29, 0.717) is 12.8 Å². The molecular weight excluding hydrogens is 817 g/mol. The number of hydrogen-bond acceptors (Lipinski definition) is 6. The highest BCUT2D eigenvalue weighted by atomic mass is 16.6. The SMILES string of the molecule is CCC\C=C/C=C\C=C/C=C\C=C/CCCCCCCC(=O)OCC(COC(=O)CCCCCCC/C=C\CCCCC)OC(=O)CCCCCCC\C=C/C=C\C=C/C=C\C=C/CCC. The van der Waals surface area contributed by atoms with Crippen molar-refractivity contribution < 1.29 is 28.6 Å². The largest absolute Gasteiger partial charge is 0.462 e. The van der Waals surface area contributed by atoms with Crippen LogP contribution in [0.3, 0.4) is 0 Å². The highest BCUT2D eigenvalue weighted by molar-refractivity contribution is 5.71. The summed E-state index contributed by atoms with van der Waals surface area (Å²) in [5, 5.41) is 0. The zero-order chi connectivity index (χ0) is 47.9. The van der Waals surface area contributed by atoms with E-state index < -0.39 is 6.10 Å². The van der Waals surface area contributed by atoms with Gasteiger partial charge in [0.1, 0.15) is 13.2 Å². The van der Waals surface area contributed by atoms with E-state index in [2.05, 4.69) is 81.5 Å². The van der Waals surface area contributed by atoms with Crippen molar-refractivity contribution in [3.05, 3.63) is 134 Å². The van der Waals surface area contributed by atoms with Crippen LogP contribution in [0.4, 0.5) is 0 Å². The van der Waals surface area contributed by atoms with Gasteiger partial charge in [0.15, 0.2) is 6.10 Å². The first kappa shape index (κ1) is 61.5. The van der Waals surface area contributed by atoms with E-state index in [1.165, 1.54) is 44.9 Å². The van der Waals surface area contributed by atoms with Gasteiger partial charge < -0.3 is 14.2 Å². The molecule has 0 heterocycles. The molecule has 0 aromatic heterocycles. The van der Waals surface area contributed by atoms with Gasteiger partial charge in [0, 0.05) is 19.3 Å². The molecule has 0 radical (unpaired) electrons. The molecule has 0 spiro atoms. The summed E-state index contributed by atoms with van der Waals surface area (Å²) in [6.45, 7) is 6.37. The van der Waals surface area contributed by atoms with Gasteiger partial charge in [-0.1, -0.05) is 238 Å². The summed E-state index contributed by atoms with van der Waals surface area (Å²) < 4.78 is 16.8. The Morgan fingerprint density at radius 3 is 0.955 bits per heavy atom. The maximum atomic E-state index is 12.8. The number of unbranched alkanes of at least 4 members (excludes halogenated alkanes) is 20. The first-order valence-electron chi connectivity index (χ1n) is 26.3. The third kappa shape index (κ3) is 50.5. The van der Waals surface area contributed by atoms with Gasteiger partial charge >= 0.3 is 17.9 Å². The Morgan fingerprint density at radius 1 is 0.303 bits per heavy atom. The molecular formula is C60H94O6. The summed E-state index contributed by atoms with van der Waals surface area (Å²) in [5.74, 6) is -0.975. The lowest BCUT2D eigenvalue weighted by atomic mass is 10.1. The fourth-order valence-electron chi connectivity index (χ4n) is 6.61. The van der Waals surface area contributed by atoms with E-state index in [9.17, 15) is 14.4 Å². The van der Waals surface area contributed by atoms with Crippen molar-refractivity contribution in [1.29, 1.82) is 0 Å². The lowest BCUT2D eigenvalue weighted by molar-refractivity contribution is -0.167. The van der Waals surface area contributed by atoms with Gasteiger partial charge in [-0.3, -0.25) is 14.4 Å². The molecule has 6 heteroatoms. The third-order valence-electron chi connectivity index (χ3n) is 10.6. The summed E-state index contributed by atoms with van der Waals surface area (Å²) >= 11 is 0. The average molecular weight is 911 g/mol. The molecule has 0 rings (SSSR count). The van der Waals surface area contributed by atoms with Crippen molar-refractivity contribution in [1.82, 2.24) is 0 Å². The Labute approximate surface area is 405 Å². The molecule has 0 aromatic rings. The first-order chi connectivity index (χ1) is 32.5. The Bertz CT molecular complexity index is 1460. The summed E-state index contributed by atoms with van der Waals surface area (Å²) in [6, 6.07) is 0. The molecule has 1 atom stereocenters. The molecule has 6 nitrogen and oxygen atoms in total. The van der Waals surface area contributed by atoms with Crippen molar-refractivity contribution in [3.8, 4) is 0 Å². The van der Waals surface area contributed by atoms with Crippen LogP contribution in [0.1, 0.15) is 207 Å². The molecule has 370 valence electrons. The molecule has 1 unspecified atom stereocenters. The normalized spacial score (nSPS) is 13.2. The summed E-state index contributed by atoms with van der Waals surface area (Å²) in [6.07, 6.45) is 74.2. The summed E-state index contributed by atoms with van der Waals surface area (Å²) in [7, 11) is 0. The standard InChI is InChI=1S/C60H94O6/c1-4-7-10-13-16-19-22-25-27-29-31-33-35-38-41-44-47-50-53-59(62)65-56-57(55-64-58(61)52-49-46-43-40-37-24-21-18-15-12-9-6-3)66-60(63)54-51-48-45-42-39-36-34-32-30-28-26-23-20-17-14-11-8-5-2/h10-11,13-14,16-23,25-34,57H,4-9,12,15,24,35-56H2,1-3H3/b13-10-,14-11-,19-16-,20-17-,21-18-,25-22-,26-23-,29-27-,30-28-,33-31-,34-32-. The minimum atomic E-state index is -0.811. The van der Waals surface area contributed by atoms with Crippen LogP contribution in [-0.2, 0) is 28.6 Å². The summed E-state index contributed by atoms with van der Waals surface area (Å²) in [4.78, 5) is 38.0. The van der Waals surface area contributed by atoms with E-state index in [1.54, 1.807) is 0 Å². The maximum Gasteiger partial charge on any atom is 0.306 e.